The molecule has 9 heteroatoms. The van der Waals surface area contributed by atoms with E-state index in [2.05, 4.69) is 43.3 Å². The van der Waals surface area contributed by atoms with Crippen molar-refractivity contribution >= 4 is 17.8 Å². The summed E-state index contributed by atoms with van der Waals surface area (Å²) in [5.41, 5.74) is -0.550. The van der Waals surface area contributed by atoms with E-state index in [1.165, 1.54) is 32.3 Å². The van der Waals surface area contributed by atoms with Gasteiger partial charge in [-0.05, 0) is 19.2 Å². The molecule has 1 aromatic heterocycles. The van der Waals surface area contributed by atoms with Crippen molar-refractivity contribution in [1.29, 1.82) is 0 Å². The van der Waals surface area contributed by atoms with E-state index in [1.807, 2.05) is 13.8 Å². The van der Waals surface area contributed by atoms with Crippen LogP contribution in [0.1, 0.15) is 85.0 Å². The van der Waals surface area contributed by atoms with Gasteiger partial charge in [0.05, 0.1) is 18.6 Å². The van der Waals surface area contributed by atoms with Gasteiger partial charge in [0.25, 0.3) is 5.91 Å². The summed E-state index contributed by atoms with van der Waals surface area (Å²) in [6.07, 6.45) is 4.30. The largest absolute Gasteiger partial charge is 0.464 e. The number of carbonyl (C=O) groups excluding carboxylic acids is 3. The number of rotatable bonds is 12. The van der Waals surface area contributed by atoms with Crippen LogP contribution in [0.5, 0.6) is 0 Å². The van der Waals surface area contributed by atoms with Crippen molar-refractivity contribution in [2.45, 2.75) is 80.8 Å². The number of methoxy groups -OCH3 is 1. The third-order valence-corrected chi connectivity index (χ3v) is 3.83. The van der Waals surface area contributed by atoms with Crippen molar-refractivity contribution in [2.75, 3.05) is 40.5 Å². The zero-order valence-corrected chi connectivity index (χ0v) is 24.2. The minimum Gasteiger partial charge on any atom is -0.464 e. The fraction of sp³-hybridized carbons (Fsp3) is 0.704. The predicted octanol–water partition coefficient (Wildman–Crippen LogP) is 4.41. The number of pyridine rings is 1. The van der Waals surface area contributed by atoms with Crippen LogP contribution in [0.3, 0.4) is 0 Å². The van der Waals surface area contributed by atoms with Gasteiger partial charge in [0.1, 0.15) is 6.61 Å². The molecule has 1 atom stereocenters. The molecule has 0 radical (unpaired) electrons. The molecule has 0 bridgehead atoms. The Labute approximate surface area is 219 Å². The summed E-state index contributed by atoms with van der Waals surface area (Å²) in [7, 11) is 3.25. The number of nitrogens with zero attached hydrogens (tertiary/aromatic N) is 1. The highest BCUT2D eigenvalue weighted by molar-refractivity contribution is 5.92. The van der Waals surface area contributed by atoms with Crippen LogP contribution in [-0.2, 0) is 23.8 Å². The quantitative estimate of drug-likeness (QED) is 0.312. The normalized spacial score (nSPS) is 10.6. The summed E-state index contributed by atoms with van der Waals surface area (Å²) >= 11 is 0. The highest BCUT2D eigenvalue weighted by Crippen LogP contribution is 2.25. The van der Waals surface area contributed by atoms with Crippen LogP contribution in [0.2, 0.25) is 0 Å². The molecule has 1 rings (SSSR count). The van der Waals surface area contributed by atoms with Crippen LogP contribution in [0.4, 0.5) is 0 Å². The zero-order valence-electron chi connectivity index (χ0n) is 24.2. The van der Waals surface area contributed by atoms with Crippen molar-refractivity contribution in [3.8, 4) is 0 Å². The number of nitrogens with one attached hydrogen (secondary N) is 2. The molecule has 0 fully saturated rings. The van der Waals surface area contributed by atoms with Crippen molar-refractivity contribution in [1.82, 2.24) is 15.6 Å². The van der Waals surface area contributed by atoms with Crippen molar-refractivity contribution in [2.24, 2.45) is 5.41 Å². The van der Waals surface area contributed by atoms with Crippen molar-refractivity contribution in [3.05, 3.63) is 30.1 Å². The Morgan fingerprint density at radius 1 is 1.06 bits per heavy atom. The smallest absolute Gasteiger partial charge is 0.340 e. The molecule has 9 nitrogen and oxygen atoms in total. The summed E-state index contributed by atoms with van der Waals surface area (Å²) in [6, 6.07) is 3.15. The molecule has 1 heterocycles. The van der Waals surface area contributed by atoms with Gasteiger partial charge >= 0.3 is 11.9 Å². The molecular weight excluding hydrogens is 462 g/mol. The van der Waals surface area contributed by atoms with E-state index in [1.54, 1.807) is 33.0 Å². The van der Waals surface area contributed by atoms with Crippen LogP contribution in [0, 0.1) is 5.41 Å². The molecule has 0 unspecified atom stereocenters. The molecule has 0 saturated heterocycles. The van der Waals surface area contributed by atoms with Crippen LogP contribution in [-0.4, -0.2) is 69.4 Å². The summed E-state index contributed by atoms with van der Waals surface area (Å²) in [6.45, 7) is 17.1. The maximum atomic E-state index is 12.7. The molecule has 1 aromatic rings. The van der Waals surface area contributed by atoms with Gasteiger partial charge in [-0.25, -0.2) is 4.79 Å². The maximum absolute atomic E-state index is 12.7. The Morgan fingerprint density at radius 2 is 1.64 bits per heavy atom. The summed E-state index contributed by atoms with van der Waals surface area (Å²) in [5.74, 6) is -1.60. The van der Waals surface area contributed by atoms with E-state index in [-0.39, 0.29) is 31.7 Å². The van der Waals surface area contributed by atoms with Crippen LogP contribution >= 0.6 is 0 Å². The van der Waals surface area contributed by atoms with Gasteiger partial charge in [0.15, 0.2) is 6.10 Å². The second kappa shape index (κ2) is 25.6. The van der Waals surface area contributed by atoms with E-state index in [9.17, 15) is 14.4 Å². The fourth-order valence-electron chi connectivity index (χ4n) is 2.39. The van der Waals surface area contributed by atoms with E-state index >= 15 is 0 Å². The number of esters is 2. The summed E-state index contributed by atoms with van der Waals surface area (Å²) < 4.78 is 15.6. The number of carbonyl (C=O) groups is 3. The minimum atomic E-state index is -1.11. The average Bonchev–Trinajstić information content (AvgIpc) is 2.85. The number of hydrogen-bond donors (Lipinski definition) is 2. The topological polar surface area (TPSA) is 116 Å². The molecule has 1 amide bonds. The lowest BCUT2D eigenvalue weighted by molar-refractivity contribution is -0.143. The van der Waals surface area contributed by atoms with Gasteiger partial charge < -0.3 is 24.8 Å². The van der Waals surface area contributed by atoms with E-state index in [0.717, 1.165) is 0 Å². The van der Waals surface area contributed by atoms with Gasteiger partial charge in [-0.15, -0.1) is 0 Å². The van der Waals surface area contributed by atoms with Gasteiger partial charge in [-0.3, -0.25) is 14.6 Å². The standard InChI is InChI=1S/C19H29N3O6.2C3H8.C2H6/c1-19(2,13-26-4)16(28-18(25)14-6-5-8-21-12-14)17(24)22-9-7-15(23)27-11-10-20-3;2*1-3-2;1-2/h5-6,8,12,16,20H,7,9-11,13H2,1-4H3,(H,22,24);2*3H2,1-2H3;1-2H3/t16-;;;/m0.../s1. The molecule has 0 aliphatic rings. The molecule has 210 valence electrons. The molecular formula is C27H51N3O6. The Kier molecular flexibility index (Phi) is 27.0. The summed E-state index contributed by atoms with van der Waals surface area (Å²) in [5, 5.41) is 5.48. The lowest BCUT2D eigenvalue weighted by atomic mass is 9.86. The Bertz CT molecular complexity index is 667. The monoisotopic (exact) mass is 513 g/mol. The van der Waals surface area contributed by atoms with Crippen LogP contribution in [0.15, 0.2) is 24.5 Å². The minimum absolute atomic E-state index is 0.0173. The van der Waals surface area contributed by atoms with E-state index < -0.39 is 29.4 Å². The lowest BCUT2D eigenvalue weighted by Crippen LogP contribution is -2.49. The van der Waals surface area contributed by atoms with Gasteiger partial charge in [0.2, 0.25) is 0 Å². The third kappa shape index (κ3) is 19.8. The molecule has 0 spiro atoms. The van der Waals surface area contributed by atoms with E-state index in [0.29, 0.717) is 6.54 Å². The highest BCUT2D eigenvalue weighted by Gasteiger charge is 2.39. The van der Waals surface area contributed by atoms with Gasteiger partial charge in [-0.2, -0.15) is 0 Å². The maximum Gasteiger partial charge on any atom is 0.340 e. The SMILES string of the molecule is CC.CCC.CCC.CNCCOC(=O)CCNC(=O)[C@H](OC(=O)c1cccnc1)C(C)(C)COC. The predicted molar refractivity (Wildman–Crippen MR) is 145 cm³/mol. The second-order valence-corrected chi connectivity index (χ2v) is 8.23. The number of ether oxygens (including phenoxy) is 3. The number of amides is 1. The van der Waals surface area contributed by atoms with Crippen LogP contribution in [0.25, 0.3) is 0 Å². The Balaban J connectivity index is -0.00000120. The molecule has 2 N–H and O–H groups in total. The van der Waals surface area contributed by atoms with Gasteiger partial charge in [0, 0.05) is 38.0 Å². The molecule has 0 aromatic carbocycles. The number of hydrogen-bond acceptors (Lipinski definition) is 8. The first-order valence-corrected chi connectivity index (χ1v) is 12.8. The van der Waals surface area contributed by atoms with Crippen LogP contribution < -0.4 is 10.6 Å². The van der Waals surface area contributed by atoms with E-state index in [4.69, 9.17) is 14.2 Å². The van der Waals surface area contributed by atoms with Crippen molar-refractivity contribution in [3.63, 3.8) is 0 Å². The van der Waals surface area contributed by atoms with Gasteiger partial charge in [-0.1, -0.05) is 68.2 Å². The first-order valence-electron chi connectivity index (χ1n) is 12.8. The highest BCUT2D eigenvalue weighted by atomic mass is 16.6. The molecule has 0 aliphatic heterocycles. The Morgan fingerprint density at radius 3 is 2.11 bits per heavy atom. The van der Waals surface area contributed by atoms with Crippen molar-refractivity contribution < 1.29 is 28.6 Å². The first kappa shape index (κ1) is 38.0. The average molecular weight is 514 g/mol. The fourth-order valence-corrected chi connectivity index (χ4v) is 2.39. The third-order valence-electron chi connectivity index (χ3n) is 3.83. The summed E-state index contributed by atoms with van der Waals surface area (Å²) in [4.78, 5) is 40.5. The first-order chi connectivity index (χ1) is 17.1. The second-order valence-electron chi connectivity index (χ2n) is 8.23. The zero-order chi connectivity index (χ0) is 28.4. The molecule has 0 saturated carbocycles. The molecule has 36 heavy (non-hydrogen) atoms. The lowest BCUT2D eigenvalue weighted by Gasteiger charge is -2.32. The Hall–Kier alpha value is -2.52. The number of aromatic nitrogens is 1. The number of likely N-dealkylation sites (N-methyl/N-ethyl adjacent to an activating group) is 1. The molecule has 0 aliphatic carbocycles.